The zero-order chi connectivity index (χ0) is 9.90. The third kappa shape index (κ3) is 4.26. The third-order valence-electron chi connectivity index (χ3n) is 2.02. The number of nitrogens with one attached hydrogen (secondary N) is 1. The van der Waals surface area contributed by atoms with Gasteiger partial charge in [0.1, 0.15) is 0 Å². The summed E-state index contributed by atoms with van der Waals surface area (Å²) in [4.78, 5) is 0. The number of alkyl halides is 1. The zero-order valence-corrected chi connectivity index (χ0v) is 8.81. The lowest BCUT2D eigenvalue weighted by atomic mass is 10.2. The van der Waals surface area contributed by atoms with Crippen LogP contribution in [0.5, 0.6) is 0 Å². The molecule has 1 rings (SSSR count). The highest BCUT2D eigenvalue weighted by atomic mass is 35.5. The van der Waals surface area contributed by atoms with E-state index < -0.39 is 16.1 Å². The zero-order valence-electron chi connectivity index (χ0n) is 7.24. The number of hydrogen-bond donors (Lipinski definition) is 2. The van der Waals surface area contributed by atoms with Crippen molar-refractivity contribution in [1.29, 1.82) is 0 Å². The molecule has 1 atom stereocenters. The lowest BCUT2D eigenvalue weighted by Gasteiger charge is -2.10. The number of aliphatic hydroxyl groups excluding tert-OH is 1. The molecule has 13 heavy (non-hydrogen) atoms. The van der Waals surface area contributed by atoms with Crippen LogP contribution >= 0.6 is 11.6 Å². The molecule has 78 valence electrons. The molecule has 4 nitrogen and oxygen atoms in total. The molecular formula is C7H14ClNO3S. The standard InChI is InChI=1S/C7H14ClNO3S/c8-3-4-13(11,12)9-5-7(10)6-1-2-6/h6-7,9-10H,1-5H2. The quantitative estimate of drug-likeness (QED) is 0.624. The molecule has 0 spiro atoms. The molecular weight excluding hydrogens is 214 g/mol. The molecule has 2 N–H and O–H groups in total. The van der Waals surface area contributed by atoms with Crippen molar-refractivity contribution in [2.45, 2.75) is 18.9 Å². The van der Waals surface area contributed by atoms with Gasteiger partial charge in [0.2, 0.25) is 10.0 Å². The highest BCUT2D eigenvalue weighted by molar-refractivity contribution is 7.89. The summed E-state index contributed by atoms with van der Waals surface area (Å²) in [6, 6.07) is 0. The van der Waals surface area contributed by atoms with Gasteiger partial charge in [0.15, 0.2) is 0 Å². The van der Waals surface area contributed by atoms with Crippen molar-refractivity contribution in [1.82, 2.24) is 4.72 Å². The van der Waals surface area contributed by atoms with Gasteiger partial charge in [-0.3, -0.25) is 0 Å². The molecule has 1 fully saturated rings. The molecule has 0 aromatic heterocycles. The van der Waals surface area contributed by atoms with Crippen LogP contribution in [0, 0.1) is 5.92 Å². The minimum absolute atomic E-state index is 0.0782. The average Bonchev–Trinajstić information content (AvgIpc) is 2.82. The van der Waals surface area contributed by atoms with E-state index in [0.29, 0.717) is 5.92 Å². The van der Waals surface area contributed by atoms with Gasteiger partial charge >= 0.3 is 0 Å². The average molecular weight is 228 g/mol. The molecule has 6 heteroatoms. The molecule has 0 bridgehead atoms. The summed E-state index contributed by atoms with van der Waals surface area (Å²) in [5.74, 6) is 0.277. The Labute approximate surface area is 83.3 Å². The summed E-state index contributed by atoms with van der Waals surface area (Å²) in [6.45, 7) is 0.115. The second-order valence-electron chi connectivity index (χ2n) is 3.26. The fourth-order valence-corrected chi connectivity index (χ4v) is 2.42. The van der Waals surface area contributed by atoms with Gasteiger partial charge in [0, 0.05) is 12.4 Å². The summed E-state index contributed by atoms with van der Waals surface area (Å²) in [5.41, 5.74) is 0. The third-order valence-corrected chi connectivity index (χ3v) is 3.79. The Morgan fingerprint density at radius 3 is 2.62 bits per heavy atom. The fraction of sp³-hybridized carbons (Fsp3) is 1.00. The summed E-state index contributed by atoms with van der Waals surface area (Å²) in [5, 5.41) is 9.36. The van der Waals surface area contributed by atoms with Crippen molar-refractivity contribution in [2.24, 2.45) is 5.92 Å². The van der Waals surface area contributed by atoms with E-state index in [1.807, 2.05) is 0 Å². The van der Waals surface area contributed by atoms with E-state index in [0.717, 1.165) is 12.8 Å². The normalized spacial score (nSPS) is 20.2. The summed E-state index contributed by atoms with van der Waals surface area (Å²) >= 11 is 5.29. The first-order chi connectivity index (χ1) is 6.05. The van der Waals surface area contributed by atoms with Gasteiger partial charge in [0.25, 0.3) is 0 Å². The summed E-state index contributed by atoms with van der Waals surface area (Å²) < 4.78 is 24.5. The topological polar surface area (TPSA) is 66.4 Å². The van der Waals surface area contributed by atoms with E-state index in [-0.39, 0.29) is 18.2 Å². The number of aliphatic hydroxyl groups is 1. The maximum atomic E-state index is 11.1. The van der Waals surface area contributed by atoms with Crippen LogP contribution in [-0.4, -0.2) is 37.8 Å². The highest BCUT2D eigenvalue weighted by Gasteiger charge is 2.30. The van der Waals surface area contributed by atoms with Gasteiger partial charge in [-0.15, -0.1) is 11.6 Å². The molecule has 1 aliphatic rings. The Kier molecular flexibility index (Phi) is 3.97. The van der Waals surface area contributed by atoms with Crippen molar-refractivity contribution >= 4 is 21.6 Å². The highest BCUT2D eigenvalue weighted by Crippen LogP contribution is 2.32. The molecule has 0 aromatic rings. The van der Waals surface area contributed by atoms with Crippen LogP contribution in [0.4, 0.5) is 0 Å². The summed E-state index contributed by atoms with van der Waals surface area (Å²) in [7, 11) is -3.27. The largest absolute Gasteiger partial charge is 0.391 e. The van der Waals surface area contributed by atoms with Crippen molar-refractivity contribution in [3.05, 3.63) is 0 Å². The van der Waals surface area contributed by atoms with Gasteiger partial charge in [-0.2, -0.15) is 0 Å². The number of sulfonamides is 1. The maximum absolute atomic E-state index is 11.1. The Bertz CT molecular complexity index is 250. The second kappa shape index (κ2) is 4.59. The maximum Gasteiger partial charge on any atom is 0.212 e. The fourth-order valence-electron chi connectivity index (χ4n) is 1.03. The molecule has 0 aromatic carbocycles. The van der Waals surface area contributed by atoms with E-state index in [9.17, 15) is 13.5 Å². The lowest BCUT2D eigenvalue weighted by molar-refractivity contribution is 0.155. The number of rotatable bonds is 6. The minimum Gasteiger partial charge on any atom is -0.391 e. The molecule has 0 aliphatic heterocycles. The first kappa shape index (κ1) is 11.2. The van der Waals surface area contributed by atoms with Gasteiger partial charge in [-0.1, -0.05) is 0 Å². The van der Waals surface area contributed by atoms with Crippen LogP contribution in [0.3, 0.4) is 0 Å². The summed E-state index contributed by atoms with van der Waals surface area (Å²) in [6.07, 6.45) is 1.46. The molecule has 1 unspecified atom stereocenters. The predicted octanol–water partition coefficient (Wildman–Crippen LogP) is -0.0845. The monoisotopic (exact) mass is 227 g/mol. The minimum atomic E-state index is -3.27. The van der Waals surface area contributed by atoms with Crippen LogP contribution < -0.4 is 4.72 Å². The first-order valence-electron chi connectivity index (χ1n) is 4.26. The molecule has 1 saturated carbocycles. The van der Waals surface area contributed by atoms with Crippen LogP contribution in [-0.2, 0) is 10.0 Å². The molecule has 1 aliphatic carbocycles. The van der Waals surface area contributed by atoms with Crippen LogP contribution in [0.1, 0.15) is 12.8 Å². The lowest BCUT2D eigenvalue weighted by Crippen LogP contribution is -2.34. The molecule has 0 amide bonds. The van der Waals surface area contributed by atoms with Gasteiger partial charge < -0.3 is 5.11 Å². The molecule has 0 radical (unpaired) electrons. The SMILES string of the molecule is O=S(=O)(CCCl)NCC(O)C1CC1. The van der Waals surface area contributed by atoms with Crippen molar-refractivity contribution in [3.63, 3.8) is 0 Å². The van der Waals surface area contributed by atoms with Crippen molar-refractivity contribution < 1.29 is 13.5 Å². The van der Waals surface area contributed by atoms with E-state index in [2.05, 4.69) is 4.72 Å². The van der Waals surface area contributed by atoms with E-state index in [1.165, 1.54) is 0 Å². The Hall–Kier alpha value is 0.160. The van der Waals surface area contributed by atoms with Crippen molar-refractivity contribution in [3.8, 4) is 0 Å². The molecule has 0 heterocycles. The molecule has 0 saturated heterocycles. The Balaban J connectivity index is 2.23. The van der Waals surface area contributed by atoms with E-state index in [1.54, 1.807) is 0 Å². The second-order valence-corrected chi connectivity index (χ2v) is 5.57. The smallest absolute Gasteiger partial charge is 0.212 e. The van der Waals surface area contributed by atoms with Gasteiger partial charge in [0.05, 0.1) is 11.9 Å². The van der Waals surface area contributed by atoms with Crippen molar-refractivity contribution in [2.75, 3.05) is 18.2 Å². The van der Waals surface area contributed by atoms with E-state index >= 15 is 0 Å². The van der Waals surface area contributed by atoms with Gasteiger partial charge in [-0.25, -0.2) is 13.1 Å². The first-order valence-corrected chi connectivity index (χ1v) is 6.45. The van der Waals surface area contributed by atoms with Gasteiger partial charge in [-0.05, 0) is 18.8 Å². The van der Waals surface area contributed by atoms with Crippen LogP contribution in [0.25, 0.3) is 0 Å². The Morgan fingerprint density at radius 1 is 1.54 bits per heavy atom. The predicted molar refractivity (Wildman–Crippen MR) is 51.2 cm³/mol. The number of halogens is 1. The van der Waals surface area contributed by atoms with E-state index in [4.69, 9.17) is 11.6 Å². The van der Waals surface area contributed by atoms with Crippen LogP contribution in [0.15, 0.2) is 0 Å². The van der Waals surface area contributed by atoms with Crippen LogP contribution in [0.2, 0.25) is 0 Å². The number of hydrogen-bond acceptors (Lipinski definition) is 3. The Morgan fingerprint density at radius 2 is 2.15 bits per heavy atom.